The molecule has 4 heteroatoms. The molecule has 4 nitrogen and oxygen atoms in total. The third-order valence-electron chi connectivity index (χ3n) is 14.5. The summed E-state index contributed by atoms with van der Waals surface area (Å²) in [4.78, 5) is 4.77. The number of furan rings is 2. The second-order valence-electron chi connectivity index (χ2n) is 18.4. The molecule has 0 atom stereocenters. The van der Waals surface area contributed by atoms with Gasteiger partial charge in [-0.25, -0.2) is 0 Å². The molecule has 0 N–H and O–H groups in total. The summed E-state index contributed by atoms with van der Waals surface area (Å²) in [7, 11) is 0. The average Bonchev–Trinajstić information content (AvgIpc) is 4.01. The highest BCUT2D eigenvalue weighted by molar-refractivity contribution is 6.30. The van der Waals surface area contributed by atoms with Crippen molar-refractivity contribution >= 4 is 143 Å². The van der Waals surface area contributed by atoms with Gasteiger partial charge in [0.2, 0.25) is 0 Å². The van der Waals surface area contributed by atoms with Gasteiger partial charge >= 0.3 is 0 Å². The molecule has 0 radical (unpaired) electrons. The molecule has 0 fully saturated rings. The molecule has 0 saturated carbocycles. The maximum Gasteiger partial charge on any atom is 0.143 e. The highest BCUT2D eigenvalue weighted by atomic mass is 16.3. The first-order chi connectivity index (χ1) is 34.7. The molecular formula is C66H40N2O2. The van der Waals surface area contributed by atoms with E-state index in [0.29, 0.717) is 0 Å². The molecule has 0 aliphatic heterocycles. The van der Waals surface area contributed by atoms with Crippen LogP contribution in [0.1, 0.15) is 0 Å². The zero-order valence-electron chi connectivity index (χ0n) is 37.8. The van der Waals surface area contributed by atoms with Crippen molar-refractivity contribution in [2.24, 2.45) is 0 Å². The number of hydrogen-bond donors (Lipinski definition) is 0. The first kappa shape index (κ1) is 38.7. The van der Waals surface area contributed by atoms with Crippen LogP contribution in [-0.4, -0.2) is 0 Å². The third kappa shape index (κ3) is 5.77. The van der Waals surface area contributed by atoms with Crippen LogP contribution in [0.2, 0.25) is 0 Å². The summed E-state index contributed by atoms with van der Waals surface area (Å²) in [5.74, 6) is 0. The molecule has 15 rings (SSSR count). The third-order valence-corrected chi connectivity index (χ3v) is 14.5. The second kappa shape index (κ2) is 15.1. The highest BCUT2D eigenvalue weighted by Gasteiger charge is 2.23. The Morgan fingerprint density at radius 2 is 0.586 bits per heavy atom. The van der Waals surface area contributed by atoms with Gasteiger partial charge in [0.05, 0.1) is 11.4 Å². The zero-order valence-corrected chi connectivity index (χ0v) is 37.8. The lowest BCUT2D eigenvalue weighted by molar-refractivity contribution is 0.666. The molecule has 70 heavy (non-hydrogen) atoms. The summed E-state index contributed by atoms with van der Waals surface area (Å²) >= 11 is 0. The van der Waals surface area contributed by atoms with Crippen molar-refractivity contribution in [3.8, 4) is 0 Å². The summed E-state index contributed by atoms with van der Waals surface area (Å²) in [6, 6.07) is 87.4. The van der Waals surface area contributed by atoms with Crippen LogP contribution in [0, 0.1) is 0 Å². The molecule has 0 aliphatic rings. The Labute approximate surface area is 402 Å². The zero-order chi connectivity index (χ0) is 45.9. The molecule has 2 aromatic heterocycles. The lowest BCUT2D eigenvalue weighted by Gasteiger charge is -2.28. The van der Waals surface area contributed by atoms with Gasteiger partial charge in [-0.2, -0.15) is 0 Å². The van der Waals surface area contributed by atoms with Gasteiger partial charge in [-0.1, -0.05) is 146 Å². The molecule has 0 spiro atoms. The van der Waals surface area contributed by atoms with Crippen molar-refractivity contribution in [1.29, 1.82) is 0 Å². The maximum atomic E-state index is 6.88. The molecule has 326 valence electrons. The average molecular weight is 893 g/mol. The van der Waals surface area contributed by atoms with Crippen molar-refractivity contribution in [3.63, 3.8) is 0 Å². The quantitative estimate of drug-likeness (QED) is 0.156. The van der Waals surface area contributed by atoms with Crippen LogP contribution in [0.4, 0.5) is 34.1 Å². The lowest BCUT2D eigenvalue weighted by Crippen LogP contribution is -2.10. The van der Waals surface area contributed by atoms with Gasteiger partial charge in [0.25, 0.3) is 0 Å². The Morgan fingerprint density at radius 1 is 0.229 bits per heavy atom. The Hall–Kier alpha value is -9.38. The minimum atomic E-state index is 0.840. The van der Waals surface area contributed by atoms with E-state index in [-0.39, 0.29) is 0 Å². The first-order valence-corrected chi connectivity index (χ1v) is 23.9. The molecule has 2 heterocycles. The fourth-order valence-corrected chi connectivity index (χ4v) is 11.4. The topological polar surface area (TPSA) is 32.8 Å². The predicted molar refractivity (Wildman–Crippen MR) is 295 cm³/mol. The molecule has 0 amide bonds. The van der Waals surface area contributed by atoms with Crippen molar-refractivity contribution < 1.29 is 8.83 Å². The largest absolute Gasteiger partial charge is 0.455 e. The Kier molecular flexibility index (Phi) is 8.33. The number of nitrogens with zero attached hydrogens (tertiary/aromatic N) is 2. The number of para-hydroxylation sites is 2. The SMILES string of the molecule is c1ccc(N(c2ccc3c(ccc4c3oc3ccc5oc6c7ccc(N(c8ccccc8)c8cc9ccccc9c9ccccc89)cc7ccc6c5c34)c2)c2cc3ccccc3c3ccccc23)cc1. The van der Waals surface area contributed by atoms with E-state index >= 15 is 0 Å². The van der Waals surface area contributed by atoms with Crippen molar-refractivity contribution in [2.75, 3.05) is 9.80 Å². The van der Waals surface area contributed by atoms with E-state index in [4.69, 9.17) is 8.83 Å². The second-order valence-corrected chi connectivity index (χ2v) is 18.4. The number of hydrogen-bond acceptors (Lipinski definition) is 4. The highest BCUT2D eigenvalue weighted by Crippen LogP contribution is 2.48. The number of anilines is 6. The normalized spacial score (nSPS) is 12.0. The van der Waals surface area contributed by atoms with Gasteiger partial charge in [0.1, 0.15) is 22.3 Å². The number of fused-ring (bicyclic) bond motifs is 17. The Balaban J connectivity index is 0.876. The minimum absolute atomic E-state index is 0.840. The predicted octanol–water partition coefficient (Wildman–Crippen LogP) is 19.3. The van der Waals surface area contributed by atoms with Gasteiger partial charge in [-0.15, -0.1) is 0 Å². The van der Waals surface area contributed by atoms with Crippen LogP contribution in [0.15, 0.2) is 251 Å². The van der Waals surface area contributed by atoms with E-state index in [1.165, 1.54) is 43.1 Å². The van der Waals surface area contributed by atoms with Crippen LogP contribution < -0.4 is 9.80 Å². The van der Waals surface area contributed by atoms with E-state index < -0.39 is 0 Å². The fraction of sp³-hybridized carbons (Fsp3) is 0. The maximum absolute atomic E-state index is 6.88. The Morgan fingerprint density at radius 3 is 1.03 bits per heavy atom. The molecule has 0 aliphatic carbocycles. The number of rotatable bonds is 6. The molecule has 0 unspecified atom stereocenters. The van der Waals surface area contributed by atoms with Crippen LogP contribution in [0.5, 0.6) is 0 Å². The van der Waals surface area contributed by atoms with Crippen LogP contribution in [0.25, 0.3) is 109 Å². The summed E-state index contributed by atoms with van der Waals surface area (Å²) in [6.07, 6.45) is 0. The summed E-state index contributed by atoms with van der Waals surface area (Å²) in [5.41, 5.74) is 10.0. The molecule has 0 bridgehead atoms. The van der Waals surface area contributed by atoms with Gasteiger partial charge in [0, 0.05) is 65.8 Å². The van der Waals surface area contributed by atoms with E-state index in [2.05, 4.69) is 252 Å². The summed E-state index contributed by atoms with van der Waals surface area (Å²) < 4.78 is 13.8. The van der Waals surface area contributed by atoms with Crippen molar-refractivity contribution in [2.45, 2.75) is 0 Å². The summed E-state index contributed by atoms with van der Waals surface area (Å²) in [6.45, 7) is 0. The molecular weight excluding hydrogens is 853 g/mol. The monoisotopic (exact) mass is 892 g/mol. The van der Waals surface area contributed by atoms with E-state index in [0.717, 1.165) is 99.5 Å². The van der Waals surface area contributed by atoms with Gasteiger partial charge in [0.15, 0.2) is 0 Å². The van der Waals surface area contributed by atoms with E-state index in [9.17, 15) is 0 Å². The van der Waals surface area contributed by atoms with Gasteiger partial charge in [-0.05, 0) is 140 Å². The molecule has 15 aromatic rings. The van der Waals surface area contributed by atoms with Gasteiger partial charge < -0.3 is 18.6 Å². The minimum Gasteiger partial charge on any atom is -0.455 e. The van der Waals surface area contributed by atoms with Crippen molar-refractivity contribution in [3.05, 3.63) is 243 Å². The Bertz CT molecular complexity index is 4310. The van der Waals surface area contributed by atoms with Crippen LogP contribution in [-0.2, 0) is 0 Å². The standard InChI is InChI=1S/C66H40N2O2/c1-3-17-45(18-4-1)67(59-39-41-15-7-9-21-49(41)53-23-11-13-25-55(53)59)47-29-33-51-43(37-47)27-31-57-63-61(69-65(51)57)35-36-62-64(63)58-32-28-44-38-48(30-34-52(44)66(58)70-62)68(46-19-5-2-6-20-46)60-40-42-16-8-10-22-50(42)54-24-12-14-26-56(54)60/h1-40H. The van der Waals surface area contributed by atoms with Gasteiger partial charge in [-0.3, -0.25) is 0 Å². The molecule has 13 aromatic carbocycles. The van der Waals surface area contributed by atoms with Crippen molar-refractivity contribution in [1.82, 2.24) is 0 Å². The fourth-order valence-electron chi connectivity index (χ4n) is 11.4. The number of benzene rings is 13. The van der Waals surface area contributed by atoms with Crippen LogP contribution >= 0.6 is 0 Å². The van der Waals surface area contributed by atoms with Crippen LogP contribution in [0.3, 0.4) is 0 Å². The smallest absolute Gasteiger partial charge is 0.143 e. The summed E-state index contributed by atoms with van der Waals surface area (Å²) in [5, 5.41) is 18.4. The van der Waals surface area contributed by atoms with E-state index in [1.54, 1.807) is 0 Å². The molecule has 0 saturated heterocycles. The van der Waals surface area contributed by atoms with E-state index in [1.807, 2.05) is 0 Å². The lowest BCUT2D eigenvalue weighted by atomic mass is 9.98. The first-order valence-electron chi connectivity index (χ1n) is 23.9.